The number of ether oxygens (including phenoxy) is 1. The monoisotopic (exact) mass is 399 g/mol. The van der Waals surface area contributed by atoms with Gasteiger partial charge in [0.05, 0.1) is 15.7 Å². The van der Waals surface area contributed by atoms with Crippen molar-refractivity contribution in [2.45, 2.75) is 32.5 Å². The van der Waals surface area contributed by atoms with Gasteiger partial charge >= 0.3 is 6.18 Å². The van der Waals surface area contributed by atoms with Gasteiger partial charge in [0, 0.05) is 13.1 Å². The van der Waals surface area contributed by atoms with E-state index in [1.807, 2.05) is 20.8 Å². The molecule has 0 aliphatic heterocycles. The molecule has 0 amide bonds. The molecule has 0 bridgehead atoms. The summed E-state index contributed by atoms with van der Waals surface area (Å²) in [6.45, 7) is 5.43. The molecular weight excluding hydrogens is 386 g/mol. The Kier molecular flexibility index (Phi) is 4.96. The van der Waals surface area contributed by atoms with Gasteiger partial charge in [-0.15, -0.1) is 5.10 Å². The second-order valence-electron chi connectivity index (χ2n) is 6.01. The summed E-state index contributed by atoms with van der Waals surface area (Å²) in [6.07, 6.45) is -4.70. The minimum atomic E-state index is -4.70. The lowest BCUT2D eigenvalue weighted by Crippen LogP contribution is -2.23. The molecule has 0 atom stereocenters. The molecule has 0 unspecified atom stereocenters. The molecule has 1 aromatic heterocycles. The van der Waals surface area contributed by atoms with Crippen LogP contribution in [0.1, 0.15) is 26.6 Å². The van der Waals surface area contributed by atoms with Gasteiger partial charge in [0.15, 0.2) is 0 Å². The number of rotatable bonds is 2. The Hall–Kier alpha value is -1.25. The third-order valence-electron chi connectivity index (χ3n) is 2.84. The van der Waals surface area contributed by atoms with Crippen LogP contribution in [0.4, 0.5) is 13.2 Å². The fourth-order valence-electron chi connectivity index (χ4n) is 1.96. The summed E-state index contributed by atoms with van der Waals surface area (Å²) in [4.78, 5) is 0. The van der Waals surface area contributed by atoms with E-state index >= 15 is 0 Å². The molecule has 0 N–H and O–H groups in total. The summed E-state index contributed by atoms with van der Waals surface area (Å²) in [6, 6.07) is 2.64. The van der Waals surface area contributed by atoms with Crippen LogP contribution in [0.15, 0.2) is 12.1 Å². The fraction of sp³-hybridized carbons (Fsp3) is 0.429. The highest BCUT2D eigenvalue weighted by atomic mass is 35.5. The van der Waals surface area contributed by atoms with Crippen LogP contribution in [0.2, 0.25) is 10.0 Å². The van der Waals surface area contributed by atoms with E-state index in [4.69, 9.17) is 40.2 Å². The van der Waals surface area contributed by atoms with E-state index in [-0.39, 0.29) is 26.3 Å². The molecule has 132 valence electrons. The first-order chi connectivity index (χ1) is 10.8. The summed E-state index contributed by atoms with van der Waals surface area (Å²) < 4.78 is 46.8. The quantitative estimate of drug-likeness (QED) is 0.629. The number of aromatic nitrogens is 3. The molecule has 1 heterocycles. The molecule has 0 saturated carbocycles. The molecule has 2 aromatic rings. The van der Waals surface area contributed by atoms with E-state index in [1.165, 1.54) is 19.2 Å². The average molecular weight is 400 g/mol. The van der Waals surface area contributed by atoms with Gasteiger partial charge < -0.3 is 4.74 Å². The molecule has 4 nitrogen and oxygen atoms in total. The number of hydrogen-bond acceptors (Lipinski definition) is 3. The lowest BCUT2D eigenvalue weighted by Gasteiger charge is -2.23. The lowest BCUT2D eigenvalue weighted by atomic mass is 10.2. The second-order valence-corrected chi connectivity index (χ2v) is 7.19. The van der Waals surface area contributed by atoms with E-state index < -0.39 is 17.6 Å². The van der Waals surface area contributed by atoms with Gasteiger partial charge in [-0.25, -0.2) is 4.68 Å². The van der Waals surface area contributed by atoms with Gasteiger partial charge in [-0.2, -0.15) is 13.2 Å². The van der Waals surface area contributed by atoms with E-state index in [2.05, 4.69) is 5.10 Å². The van der Waals surface area contributed by atoms with Gasteiger partial charge in [-0.1, -0.05) is 23.2 Å². The minimum absolute atomic E-state index is 0.00764. The standard InChI is InChI=1S/C14H14Cl2F3N3OS/c1-13(2,3)23-10-6-7(15)9(5-8(10)16)22-11(14(17,18)19)20-21(4)12(22)24/h5-6H,1-4H3. The predicted molar refractivity (Wildman–Crippen MR) is 88.8 cm³/mol. The third-order valence-corrected chi connectivity index (χ3v) is 3.88. The smallest absolute Gasteiger partial charge is 0.452 e. The Labute approximate surface area is 151 Å². The summed E-state index contributed by atoms with van der Waals surface area (Å²) in [7, 11) is 1.32. The lowest BCUT2D eigenvalue weighted by molar-refractivity contribution is -0.146. The largest absolute Gasteiger partial charge is 0.487 e. The van der Waals surface area contributed by atoms with E-state index in [0.29, 0.717) is 0 Å². The second kappa shape index (κ2) is 6.24. The zero-order valence-corrected chi connectivity index (χ0v) is 15.5. The van der Waals surface area contributed by atoms with Crippen molar-refractivity contribution in [1.82, 2.24) is 14.3 Å². The maximum atomic E-state index is 13.2. The van der Waals surface area contributed by atoms with Crippen LogP contribution in [-0.2, 0) is 13.2 Å². The summed E-state index contributed by atoms with van der Waals surface area (Å²) >= 11 is 17.3. The average Bonchev–Trinajstić information content (AvgIpc) is 2.68. The number of halogens is 5. The molecule has 1 aromatic carbocycles. The zero-order chi connectivity index (χ0) is 18.4. The Morgan fingerprint density at radius 3 is 2.21 bits per heavy atom. The first kappa shape index (κ1) is 19.1. The van der Waals surface area contributed by atoms with Crippen molar-refractivity contribution in [2.24, 2.45) is 7.05 Å². The van der Waals surface area contributed by atoms with Crippen LogP contribution in [0.5, 0.6) is 5.75 Å². The number of benzene rings is 1. The zero-order valence-electron chi connectivity index (χ0n) is 13.2. The van der Waals surface area contributed by atoms with Crippen molar-refractivity contribution in [3.8, 4) is 11.4 Å². The molecule has 0 aliphatic carbocycles. The van der Waals surface area contributed by atoms with Gasteiger partial charge in [0.1, 0.15) is 11.4 Å². The molecule has 10 heteroatoms. The maximum absolute atomic E-state index is 13.2. The summed E-state index contributed by atoms with van der Waals surface area (Å²) in [5.74, 6) is -0.917. The van der Waals surface area contributed by atoms with Gasteiger partial charge in [0.2, 0.25) is 10.6 Å². The molecule has 0 spiro atoms. The summed E-state index contributed by atoms with van der Waals surface area (Å²) in [5.41, 5.74) is -0.565. The van der Waals surface area contributed by atoms with Crippen LogP contribution >= 0.6 is 35.4 Å². The Morgan fingerprint density at radius 2 is 1.71 bits per heavy atom. The first-order valence-electron chi connectivity index (χ1n) is 6.73. The van der Waals surface area contributed by atoms with Crippen LogP contribution in [-0.4, -0.2) is 19.9 Å². The van der Waals surface area contributed by atoms with Crippen LogP contribution in [0, 0.1) is 4.77 Å². The van der Waals surface area contributed by atoms with Crippen molar-refractivity contribution >= 4 is 35.4 Å². The van der Waals surface area contributed by atoms with Crippen molar-refractivity contribution in [1.29, 1.82) is 0 Å². The van der Waals surface area contributed by atoms with Gasteiger partial charge in [-0.05, 0) is 39.1 Å². The number of hydrogen-bond donors (Lipinski definition) is 0. The van der Waals surface area contributed by atoms with Crippen LogP contribution < -0.4 is 4.74 Å². The molecular formula is C14H14Cl2F3N3OS. The highest BCUT2D eigenvalue weighted by molar-refractivity contribution is 7.71. The van der Waals surface area contributed by atoms with Gasteiger partial charge in [-0.3, -0.25) is 4.57 Å². The number of alkyl halides is 3. The molecule has 0 aliphatic rings. The van der Waals surface area contributed by atoms with Gasteiger partial charge in [0.25, 0.3) is 0 Å². The molecule has 0 radical (unpaired) electrons. The van der Waals surface area contributed by atoms with E-state index in [0.717, 1.165) is 9.25 Å². The van der Waals surface area contributed by atoms with E-state index in [9.17, 15) is 13.2 Å². The number of aryl methyl sites for hydroxylation is 1. The Bertz CT molecular complexity index is 838. The SMILES string of the molecule is Cn1nc(C(F)(F)F)n(-c2cc(Cl)c(OC(C)(C)C)cc2Cl)c1=S. The Morgan fingerprint density at radius 1 is 1.12 bits per heavy atom. The predicted octanol–water partition coefficient (Wildman–Crippen LogP) is 5.44. The van der Waals surface area contributed by atoms with Crippen molar-refractivity contribution in [2.75, 3.05) is 0 Å². The summed E-state index contributed by atoms with van der Waals surface area (Å²) in [5, 5.41) is 3.55. The molecule has 0 fully saturated rings. The molecule has 0 saturated heterocycles. The van der Waals surface area contributed by atoms with Crippen molar-refractivity contribution < 1.29 is 17.9 Å². The first-order valence-corrected chi connectivity index (χ1v) is 7.89. The molecule has 2 rings (SSSR count). The Balaban J connectivity index is 2.68. The number of nitrogens with zero attached hydrogens (tertiary/aromatic N) is 3. The molecule has 24 heavy (non-hydrogen) atoms. The third kappa shape index (κ3) is 3.87. The maximum Gasteiger partial charge on any atom is 0.452 e. The minimum Gasteiger partial charge on any atom is -0.487 e. The highest BCUT2D eigenvalue weighted by Gasteiger charge is 2.39. The van der Waals surface area contributed by atoms with Crippen LogP contribution in [0.25, 0.3) is 5.69 Å². The van der Waals surface area contributed by atoms with Crippen LogP contribution in [0.3, 0.4) is 0 Å². The van der Waals surface area contributed by atoms with Crippen molar-refractivity contribution in [3.05, 3.63) is 32.8 Å². The van der Waals surface area contributed by atoms with E-state index in [1.54, 1.807) is 0 Å². The van der Waals surface area contributed by atoms with Crippen molar-refractivity contribution in [3.63, 3.8) is 0 Å². The normalized spacial score (nSPS) is 12.5. The highest BCUT2D eigenvalue weighted by Crippen LogP contribution is 2.38. The fourth-order valence-corrected chi connectivity index (χ4v) is 2.62. The topological polar surface area (TPSA) is 32.0 Å².